The number of halogens is 1. The number of nitrogens with zero attached hydrogens (tertiary/aromatic N) is 1. The van der Waals surface area contributed by atoms with Crippen LogP contribution in [0.3, 0.4) is 0 Å². The fraction of sp³-hybridized carbons (Fsp3) is 0.263. The van der Waals surface area contributed by atoms with Gasteiger partial charge >= 0.3 is 0 Å². The number of rotatable bonds is 7. The van der Waals surface area contributed by atoms with E-state index in [0.29, 0.717) is 30.9 Å². The maximum atomic E-state index is 12.7. The molecule has 134 valence electrons. The Morgan fingerprint density at radius 2 is 1.64 bits per heavy atom. The van der Waals surface area contributed by atoms with Crippen LogP contribution in [-0.2, 0) is 11.2 Å². The van der Waals surface area contributed by atoms with E-state index in [-0.39, 0.29) is 24.2 Å². The Balaban J connectivity index is 0.00000312. The number of anilines is 1. The van der Waals surface area contributed by atoms with Crippen molar-refractivity contribution in [3.8, 4) is 0 Å². The lowest BCUT2D eigenvalue weighted by atomic mass is 10.1. The van der Waals surface area contributed by atoms with E-state index in [1.54, 1.807) is 29.2 Å². The number of carbonyl (C=O) groups is 2. The standard InChI is InChI=1S/C19H23N3O2.ClH/c1-15(23)21-18-9-7-17(8-10-18)19(24)22(14-12-20)13-11-16-5-3-2-4-6-16;/h2-10H,11-14,20H2,1H3,(H,21,23);1H. The zero-order valence-electron chi connectivity index (χ0n) is 14.3. The van der Waals surface area contributed by atoms with Crippen molar-refractivity contribution in [3.63, 3.8) is 0 Å². The normalized spacial score (nSPS) is 9.84. The molecule has 0 aliphatic heterocycles. The lowest BCUT2D eigenvalue weighted by Crippen LogP contribution is -2.36. The molecule has 0 fully saturated rings. The average Bonchev–Trinajstić information content (AvgIpc) is 2.59. The van der Waals surface area contributed by atoms with Gasteiger partial charge in [0.1, 0.15) is 0 Å². The topological polar surface area (TPSA) is 75.4 Å². The molecule has 0 saturated heterocycles. The van der Waals surface area contributed by atoms with Gasteiger partial charge in [-0.2, -0.15) is 0 Å². The van der Waals surface area contributed by atoms with Crippen molar-refractivity contribution in [2.24, 2.45) is 5.73 Å². The zero-order chi connectivity index (χ0) is 17.4. The van der Waals surface area contributed by atoms with Crippen LogP contribution in [0, 0.1) is 0 Å². The first-order chi connectivity index (χ1) is 11.6. The van der Waals surface area contributed by atoms with Gasteiger partial charge in [-0.25, -0.2) is 0 Å². The van der Waals surface area contributed by atoms with Gasteiger partial charge in [-0.05, 0) is 36.2 Å². The number of hydrogen-bond donors (Lipinski definition) is 2. The molecule has 6 heteroatoms. The minimum atomic E-state index is -0.137. The van der Waals surface area contributed by atoms with E-state index in [2.05, 4.69) is 5.32 Å². The Bertz CT molecular complexity index is 675. The highest BCUT2D eigenvalue weighted by Gasteiger charge is 2.15. The second-order valence-corrected chi connectivity index (χ2v) is 5.58. The SMILES string of the molecule is CC(=O)Nc1ccc(C(=O)N(CCN)CCc2ccccc2)cc1.Cl. The molecule has 0 unspecified atom stereocenters. The van der Waals surface area contributed by atoms with E-state index >= 15 is 0 Å². The van der Waals surface area contributed by atoms with E-state index in [9.17, 15) is 9.59 Å². The summed E-state index contributed by atoms with van der Waals surface area (Å²) < 4.78 is 0. The smallest absolute Gasteiger partial charge is 0.253 e. The lowest BCUT2D eigenvalue weighted by Gasteiger charge is -2.22. The Kier molecular flexibility index (Phi) is 8.67. The van der Waals surface area contributed by atoms with Gasteiger partial charge in [0.05, 0.1) is 0 Å². The molecule has 0 aromatic heterocycles. The molecular weight excluding hydrogens is 338 g/mol. The summed E-state index contributed by atoms with van der Waals surface area (Å²) >= 11 is 0. The summed E-state index contributed by atoms with van der Waals surface area (Å²) in [5.74, 6) is -0.188. The monoisotopic (exact) mass is 361 g/mol. The predicted octanol–water partition coefficient (Wildman–Crippen LogP) is 2.71. The molecular formula is C19H24ClN3O2. The molecule has 0 aliphatic carbocycles. The van der Waals surface area contributed by atoms with Gasteiger partial charge in [-0.15, -0.1) is 12.4 Å². The van der Waals surface area contributed by atoms with Gasteiger partial charge in [0.15, 0.2) is 0 Å². The molecule has 5 nitrogen and oxygen atoms in total. The highest BCUT2D eigenvalue weighted by molar-refractivity contribution is 5.95. The first-order valence-electron chi connectivity index (χ1n) is 8.01. The Hall–Kier alpha value is -2.37. The third-order valence-electron chi connectivity index (χ3n) is 3.65. The number of nitrogens with one attached hydrogen (secondary N) is 1. The quantitative estimate of drug-likeness (QED) is 0.796. The van der Waals surface area contributed by atoms with Crippen LogP contribution in [-0.4, -0.2) is 36.3 Å². The van der Waals surface area contributed by atoms with Crippen LogP contribution in [0.4, 0.5) is 5.69 Å². The fourth-order valence-corrected chi connectivity index (χ4v) is 2.46. The van der Waals surface area contributed by atoms with E-state index in [1.165, 1.54) is 12.5 Å². The largest absolute Gasteiger partial charge is 0.337 e. The second-order valence-electron chi connectivity index (χ2n) is 5.58. The van der Waals surface area contributed by atoms with E-state index in [0.717, 1.165) is 6.42 Å². The maximum absolute atomic E-state index is 12.7. The summed E-state index contributed by atoms with van der Waals surface area (Å²) in [5, 5.41) is 2.69. The molecule has 0 spiro atoms. The van der Waals surface area contributed by atoms with Crippen LogP contribution in [0.5, 0.6) is 0 Å². The third kappa shape index (κ3) is 6.57. The molecule has 0 heterocycles. The van der Waals surface area contributed by atoms with Crippen LogP contribution >= 0.6 is 12.4 Å². The van der Waals surface area contributed by atoms with Gasteiger partial charge in [0.2, 0.25) is 5.91 Å². The number of benzene rings is 2. The summed E-state index contributed by atoms with van der Waals surface area (Å²) in [4.78, 5) is 25.5. The molecule has 2 aromatic rings. The highest BCUT2D eigenvalue weighted by Crippen LogP contribution is 2.12. The van der Waals surface area contributed by atoms with Crippen molar-refractivity contribution in [1.82, 2.24) is 4.90 Å². The summed E-state index contributed by atoms with van der Waals surface area (Å²) in [6, 6.07) is 17.0. The van der Waals surface area contributed by atoms with Gasteiger partial charge in [0, 0.05) is 37.8 Å². The summed E-state index contributed by atoms with van der Waals surface area (Å²) in [7, 11) is 0. The van der Waals surface area contributed by atoms with Gasteiger partial charge in [-0.1, -0.05) is 30.3 Å². The molecule has 2 rings (SSSR count). The number of amides is 2. The number of carbonyl (C=O) groups excluding carboxylic acids is 2. The summed E-state index contributed by atoms with van der Waals surface area (Å²) in [5.41, 5.74) is 8.10. The van der Waals surface area contributed by atoms with E-state index in [1.807, 2.05) is 30.3 Å². The van der Waals surface area contributed by atoms with Gasteiger partial charge < -0.3 is 16.0 Å². The van der Waals surface area contributed by atoms with Crippen molar-refractivity contribution < 1.29 is 9.59 Å². The minimum absolute atomic E-state index is 0. The third-order valence-corrected chi connectivity index (χ3v) is 3.65. The summed E-state index contributed by atoms with van der Waals surface area (Å²) in [6.07, 6.45) is 0.788. The fourth-order valence-electron chi connectivity index (χ4n) is 2.46. The average molecular weight is 362 g/mol. The number of hydrogen-bond acceptors (Lipinski definition) is 3. The second kappa shape index (κ2) is 10.5. The van der Waals surface area contributed by atoms with Crippen molar-refractivity contribution in [3.05, 3.63) is 65.7 Å². The molecule has 0 saturated carbocycles. The first-order valence-corrected chi connectivity index (χ1v) is 8.01. The Morgan fingerprint density at radius 1 is 1.00 bits per heavy atom. The van der Waals surface area contributed by atoms with Crippen LogP contribution in [0.2, 0.25) is 0 Å². The molecule has 0 radical (unpaired) electrons. The molecule has 0 bridgehead atoms. The molecule has 3 N–H and O–H groups in total. The maximum Gasteiger partial charge on any atom is 0.253 e. The van der Waals surface area contributed by atoms with Crippen LogP contribution in [0.1, 0.15) is 22.8 Å². The molecule has 2 aromatic carbocycles. The van der Waals surface area contributed by atoms with Crippen molar-refractivity contribution >= 4 is 29.9 Å². The number of nitrogens with two attached hydrogens (primary N) is 1. The minimum Gasteiger partial charge on any atom is -0.337 e. The molecule has 0 atom stereocenters. The molecule has 0 aliphatic rings. The van der Waals surface area contributed by atoms with Crippen molar-refractivity contribution in [2.45, 2.75) is 13.3 Å². The lowest BCUT2D eigenvalue weighted by molar-refractivity contribution is -0.114. The molecule has 2 amide bonds. The van der Waals surface area contributed by atoms with Crippen LogP contribution in [0.25, 0.3) is 0 Å². The Morgan fingerprint density at radius 3 is 2.20 bits per heavy atom. The van der Waals surface area contributed by atoms with Crippen molar-refractivity contribution in [2.75, 3.05) is 25.0 Å². The summed E-state index contributed by atoms with van der Waals surface area (Å²) in [6.45, 7) is 3.00. The first kappa shape index (κ1) is 20.7. The predicted molar refractivity (Wildman–Crippen MR) is 103 cm³/mol. The van der Waals surface area contributed by atoms with Crippen LogP contribution in [0.15, 0.2) is 54.6 Å². The van der Waals surface area contributed by atoms with Gasteiger partial charge in [0.25, 0.3) is 5.91 Å². The van der Waals surface area contributed by atoms with Crippen molar-refractivity contribution in [1.29, 1.82) is 0 Å². The van der Waals surface area contributed by atoms with E-state index in [4.69, 9.17) is 5.73 Å². The molecule has 25 heavy (non-hydrogen) atoms. The van der Waals surface area contributed by atoms with Crippen LogP contribution < -0.4 is 11.1 Å². The Labute approximate surface area is 154 Å². The van der Waals surface area contributed by atoms with Gasteiger partial charge in [-0.3, -0.25) is 9.59 Å². The van der Waals surface area contributed by atoms with E-state index < -0.39 is 0 Å². The highest BCUT2D eigenvalue weighted by atomic mass is 35.5. The zero-order valence-corrected chi connectivity index (χ0v) is 15.1.